The maximum Gasteiger partial charge on any atom is 4.00 e. The van der Waals surface area contributed by atoms with Crippen LogP contribution >= 0.6 is 0 Å². The van der Waals surface area contributed by atoms with Gasteiger partial charge in [-0.05, 0) is 0 Å². The maximum absolute atomic E-state index is 2.99. The van der Waals surface area contributed by atoms with Crippen molar-refractivity contribution in [1.29, 1.82) is 0 Å². The molecule has 0 spiro atoms. The van der Waals surface area contributed by atoms with Crippen molar-refractivity contribution < 1.29 is 46.5 Å². The van der Waals surface area contributed by atoms with Crippen LogP contribution in [0.3, 0.4) is 0 Å². The third-order valence-electron chi connectivity index (χ3n) is 1.19. The van der Waals surface area contributed by atoms with Crippen LogP contribution in [0.15, 0.2) is 48.6 Å². The minimum absolute atomic E-state index is 0. The molecule has 0 amide bonds. The van der Waals surface area contributed by atoms with Gasteiger partial charge in [0.05, 0.1) is 0 Å². The van der Waals surface area contributed by atoms with Gasteiger partial charge in [-0.2, -0.15) is 42.5 Å². The Balaban J connectivity index is -0.000000144. The molecular formula is C11H10Cl2Ti. The van der Waals surface area contributed by atoms with Gasteiger partial charge in [0.1, 0.15) is 0 Å². The monoisotopic (exact) mass is 260 g/mol. The van der Waals surface area contributed by atoms with E-state index in [1.54, 1.807) is 0 Å². The third kappa shape index (κ3) is 12.0. The van der Waals surface area contributed by atoms with Crippen molar-refractivity contribution in [2.24, 2.45) is 0 Å². The van der Waals surface area contributed by atoms with Crippen molar-refractivity contribution >= 4 is 0 Å². The molecule has 0 radical (unpaired) electrons. The molecule has 0 heterocycles. The van der Waals surface area contributed by atoms with E-state index in [2.05, 4.69) is 18.2 Å². The van der Waals surface area contributed by atoms with E-state index in [0.717, 1.165) is 6.42 Å². The van der Waals surface area contributed by atoms with E-state index in [9.17, 15) is 0 Å². The first-order valence-corrected chi connectivity index (χ1v) is 3.63. The third-order valence-corrected chi connectivity index (χ3v) is 1.19. The molecule has 0 N–H and O–H groups in total. The normalized spacial score (nSPS) is 9.71. The Morgan fingerprint density at radius 1 is 0.929 bits per heavy atom. The average Bonchev–Trinajstić information content (AvgIpc) is 2.64. The van der Waals surface area contributed by atoms with Crippen LogP contribution in [0.25, 0.3) is 0 Å². The summed E-state index contributed by atoms with van der Waals surface area (Å²) in [5.74, 6) is 0. The van der Waals surface area contributed by atoms with E-state index < -0.39 is 0 Å². The summed E-state index contributed by atoms with van der Waals surface area (Å²) in [6.07, 6.45) is 10.0. The number of rotatable bonds is 0. The largest absolute Gasteiger partial charge is 4.00 e. The molecule has 1 aliphatic rings. The zero-order valence-corrected chi connectivity index (χ0v) is 10.7. The number of hydrogen-bond acceptors (Lipinski definition) is 0. The second-order valence-corrected chi connectivity index (χ2v) is 2.08. The average molecular weight is 261 g/mol. The molecule has 0 bridgehead atoms. The summed E-state index contributed by atoms with van der Waals surface area (Å²) >= 11 is 0. The summed E-state index contributed by atoms with van der Waals surface area (Å²) in [6.45, 7) is 0. The van der Waals surface area contributed by atoms with Crippen LogP contribution in [0, 0.1) is 12.1 Å². The Morgan fingerprint density at radius 2 is 1.57 bits per heavy atom. The molecule has 1 aromatic carbocycles. The van der Waals surface area contributed by atoms with Crippen molar-refractivity contribution in [3.8, 4) is 0 Å². The molecular weight excluding hydrogens is 251 g/mol. The summed E-state index contributed by atoms with van der Waals surface area (Å²) in [7, 11) is 0. The van der Waals surface area contributed by atoms with Crippen LogP contribution in [-0.2, 0) is 21.7 Å². The van der Waals surface area contributed by atoms with E-state index in [4.69, 9.17) is 0 Å². The van der Waals surface area contributed by atoms with Crippen molar-refractivity contribution in [3.05, 3.63) is 60.7 Å². The molecule has 0 fully saturated rings. The van der Waals surface area contributed by atoms with Gasteiger partial charge in [-0.1, -0.05) is 0 Å². The summed E-state index contributed by atoms with van der Waals surface area (Å²) in [5.41, 5.74) is 0. The minimum atomic E-state index is 0. The van der Waals surface area contributed by atoms with Gasteiger partial charge in [-0.3, -0.25) is 6.08 Å². The maximum atomic E-state index is 2.99. The second-order valence-electron chi connectivity index (χ2n) is 2.08. The number of benzene rings is 1. The predicted octanol–water partition coefficient (Wildman–Crippen LogP) is -3.20. The van der Waals surface area contributed by atoms with Crippen LogP contribution in [-0.4, -0.2) is 0 Å². The molecule has 2 rings (SSSR count). The summed E-state index contributed by atoms with van der Waals surface area (Å²) in [4.78, 5) is 0. The van der Waals surface area contributed by atoms with Crippen molar-refractivity contribution in [1.82, 2.24) is 0 Å². The molecule has 0 aromatic heterocycles. The Labute approximate surface area is 113 Å². The molecule has 14 heavy (non-hydrogen) atoms. The fraction of sp³-hybridized carbons (Fsp3) is 0.0909. The van der Waals surface area contributed by atoms with Crippen molar-refractivity contribution in [2.75, 3.05) is 0 Å². The molecule has 0 aliphatic heterocycles. The fourth-order valence-electron chi connectivity index (χ4n) is 0.682. The quantitative estimate of drug-likeness (QED) is 0.341. The van der Waals surface area contributed by atoms with Gasteiger partial charge < -0.3 is 24.8 Å². The smallest absolute Gasteiger partial charge is 1.00 e. The molecule has 0 nitrogen and oxygen atoms in total. The van der Waals surface area contributed by atoms with Gasteiger partial charge in [0, 0.05) is 0 Å². The van der Waals surface area contributed by atoms with Gasteiger partial charge in [-0.15, -0.1) is 6.42 Å². The standard InChI is InChI=1S/C6H5.C5H5.2ClH.Ti/c1-2-4-6-5-3-1;1-2-4-5-3-1;;;/h1-5H;1-3H,4H2;2*1H;/q2*-1;;;+4/p-2. The first-order chi connectivity index (χ1) is 5.50. The van der Waals surface area contributed by atoms with E-state index >= 15 is 0 Å². The predicted molar refractivity (Wildman–Crippen MR) is 46.8 cm³/mol. The molecule has 0 saturated carbocycles. The van der Waals surface area contributed by atoms with Crippen molar-refractivity contribution in [2.45, 2.75) is 6.42 Å². The van der Waals surface area contributed by atoms with Crippen molar-refractivity contribution in [3.63, 3.8) is 0 Å². The van der Waals surface area contributed by atoms with E-state index in [1.165, 1.54) is 0 Å². The van der Waals surface area contributed by atoms with Gasteiger partial charge in [0.15, 0.2) is 0 Å². The number of allylic oxidation sites excluding steroid dienone is 4. The molecule has 0 unspecified atom stereocenters. The summed E-state index contributed by atoms with van der Waals surface area (Å²) in [5, 5.41) is 0. The number of halogens is 2. The zero-order chi connectivity index (χ0) is 7.78. The fourth-order valence-corrected chi connectivity index (χ4v) is 0.682. The summed E-state index contributed by atoms with van der Waals surface area (Å²) < 4.78 is 0. The first kappa shape index (κ1) is 19.5. The van der Waals surface area contributed by atoms with Gasteiger partial charge >= 0.3 is 21.7 Å². The van der Waals surface area contributed by atoms with Crippen LogP contribution in [0.5, 0.6) is 0 Å². The Kier molecular flexibility index (Phi) is 21.6. The first-order valence-electron chi connectivity index (χ1n) is 3.63. The second kappa shape index (κ2) is 15.5. The molecule has 3 heteroatoms. The van der Waals surface area contributed by atoms with E-state index in [1.807, 2.05) is 42.5 Å². The Hall–Kier alpha value is -0.00571. The van der Waals surface area contributed by atoms with Crippen LogP contribution < -0.4 is 24.8 Å². The zero-order valence-electron chi connectivity index (χ0n) is 7.58. The number of hydrogen-bond donors (Lipinski definition) is 0. The van der Waals surface area contributed by atoms with Gasteiger partial charge in [0.25, 0.3) is 0 Å². The van der Waals surface area contributed by atoms with Crippen LogP contribution in [0.2, 0.25) is 0 Å². The molecule has 1 aliphatic carbocycles. The van der Waals surface area contributed by atoms with Crippen LogP contribution in [0.4, 0.5) is 0 Å². The molecule has 72 valence electrons. The minimum Gasteiger partial charge on any atom is -1.00 e. The van der Waals surface area contributed by atoms with Gasteiger partial charge in [0.2, 0.25) is 0 Å². The topological polar surface area (TPSA) is 0 Å². The van der Waals surface area contributed by atoms with Gasteiger partial charge in [-0.25, -0.2) is 12.2 Å². The summed E-state index contributed by atoms with van der Waals surface area (Å²) in [6, 6.07) is 12.5. The van der Waals surface area contributed by atoms with E-state index in [0.29, 0.717) is 0 Å². The SMILES string of the molecule is [C-]1=CC=CC1.[Cl-].[Cl-].[Ti+4].[c-]1ccccc1. The Bertz CT molecular complexity index is 196. The Morgan fingerprint density at radius 3 is 1.71 bits per heavy atom. The molecule has 1 aromatic rings. The molecule has 0 atom stereocenters. The van der Waals surface area contributed by atoms with E-state index in [-0.39, 0.29) is 46.5 Å². The van der Waals surface area contributed by atoms with Crippen LogP contribution in [0.1, 0.15) is 6.42 Å². The molecule has 0 saturated heterocycles.